The molecule has 10 nitrogen and oxygen atoms in total. The van der Waals surface area contributed by atoms with Crippen LogP contribution in [-0.2, 0) is 23.9 Å². The summed E-state index contributed by atoms with van der Waals surface area (Å²) in [7, 11) is 4.95. The average molecular weight is 511 g/mol. The van der Waals surface area contributed by atoms with Gasteiger partial charge in [-0.05, 0) is 19.8 Å². The number of methoxy groups -OCH3 is 1. The van der Waals surface area contributed by atoms with E-state index in [4.69, 9.17) is 15.2 Å². The van der Waals surface area contributed by atoms with Gasteiger partial charge in [-0.3, -0.25) is 19.7 Å². The molecular weight excluding hydrogens is 480 g/mol. The van der Waals surface area contributed by atoms with Gasteiger partial charge in [0, 0.05) is 61.3 Å². The van der Waals surface area contributed by atoms with Gasteiger partial charge in [0.15, 0.2) is 11.5 Å². The molecule has 4 rings (SSSR count). The van der Waals surface area contributed by atoms with Gasteiger partial charge in [-0.15, -0.1) is 0 Å². The van der Waals surface area contributed by atoms with Gasteiger partial charge >= 0.3 is 6.09 Å². The monoisotopic (exact) mass is 510 g/mol. The zero-order valence-corrected chi connectivity index (χ0v) is 21.1. The van der Waals surface area contributed by atoms with Crippen LogP contribution < -0.4 is 16.4 Å². The Labute approximate surface area is 206 Å². The Morgan fingerprint density at radius 1 is 1.26 bits per heavy atom. The fraction of sp³-hybridized carbons (Fsp3) is 0.636. The van der Waals surface area contributed by atoms with E-state index < -0.39 is 17.7 Å². The van der Waals surface area contributed by atoms with Crippen molar-refractivity contribution in [2.24, 2.45) is 11.7 Å². The molecule has 4 aliphatic rings. The highest BCUT2D eigenvalue weighted by atomic mass is 33.1. The number of nitrogens with zero attached hydrogens (tertiary/aromatic N) is 1. The maximum absolute atomic E-state index is 13.7. The molecule has 0 spiro atoms. The zero-order chi connectivity index (χ0) is 24.6. The minimum absolute atomic E-state index is 0.0431. The van der Waals surface area contributed by atoms with E-state index in [2.05, 4.69) is 10.6 Å². The van der Waals surface area contributed by atoms with Gasteiger partial charge in [-0.2, -0.15) is 0 Å². The van der Waals surface area contributed by atoms with E-state index >= 15 is 0 Å². The topological polar surface area (TPSA) is 150 Å². The first-order valence-electron chi connectivity index (χ1n) is 11.3. The van der Waals surface area contributed by atoms with Gasteiger partial charge in [0.25, 0.3) is 0 Å². The number of primary amides is 1. The SMILES string of the molecule is CO[C@]12N[C@H]1CN1C3=C(C(=O)C(CCCSSCCNC(C)=O)=C(C)C3=O)[C@@H](COC(N)=O)C12. The van der Waals surface area contributed by atoms with Crippen LogP contribution in [0.2, 0.25) is 0 Å². The van der Waals surface area contributed by atoms with Crippen LogP contribution in [0.25, 0.3) is 0 Å². The fourth-order valence-electron chi connectivity index (χ4n) is 5.32. The number of piperazine rings is 1. The maximum atomic E-state index is 13.7. The average Bonchev–Trinajstić information content (AvgIpc) is 3.25. The molecule has 1 aliphatic carbocycles. The van der Waals surface area contributed by atoms with Crippen molar-refractivity contribution in [3.05, 3.63) is 22.4 Å². The van der Waals surface area contributed by atoms with E-state index in [0.717, 1.165) is 17.9 Å². The lowest BCUT2D eigenvalue weighted by molar-refractivity contribution is -0.118. The summed E-state index contributed by atoms with van der Waals surface area (Å²) in [6, 6.07) is -0.260. The van der Waals surface area contributed by atoms with Crippen LogP contribution in [0.15, 0.2) is 22.4 Å². The molecule has 0 aromatic heterocycles. The molecule has 3 heterocycles. The van der Waals surface area contributed by atoms with Crippen molar-refractivity contribution in [2.75, 3.05) is 38.3 Å². The van der Waals surface area contributed by atoms with Gasteiger partial charge in [-0.1, -0.05) is 21.6 Å². The third kappa shape index (κ3) is 4.36. The number of hydrogen-bond donors (Lipinski definition) is 3. The van der Waals surface area contributed by atoms with Crippen LogP contribution in [0.3, 0.4) is 0 Å². The number of rotatable bonds is 11. The van der Waals surface area contributed by atoms with Gasteiger partial charge in [-0.25, -0.2) is 4.79 Å². The van der Waals surface area contributed by atoms with Gasteiger partial charge < -0.3 is 25.4 Å². The highest BCUT2D eigenvalue weighted by Gasteiger charge is 2.73. The number of amides is 2. The number of Topliss-reactive ketones (excluding diaryl/α,β-unsaturated/α-hetero) is 2. The van der Waals surface area contributed by atoms with Gasteiger partial charge in [0.2, 0.25) is 11.7 Å². The molecule has 2 saturated heterocycles. The van der Waals surface area contributed by atoms with Crippen molar-refractivity contribution in [3.8, 4) is 0 Å². The molecule has 4 atom stereocenters. The molecule has 2 amide bonds. The third-order valence-corrected chi connectivity index (χ3v) is 9.34. The van der Waals surface area contributed by atoms with Crippen LogP contribution in [0.5, 0.6) is 0 Å². The van der Waals surface area contributed by atoms with E-state index in [-0.39, 0.29) is 36.2 Å². The smallest absolute Gasteiger partial charge is 0.404 e. The number of hydrogen-bond acceptors (Lipinski definition) is 10. The predicted molar refractivity (Wildman–Crippen MR) is 129 cm³/mol. The summed E-state index contributed by atoms with van der Waals surface area (Å²) in [5.74, 6) is 0.789. The number of allylic oxidation sites excluding steroid dienone is 2. The van der Waals surface area contributed by atoms with Crippen molar-refractivity contribution in [2.45, 2.75) is 44.5 Å². The lowest BCUT2D eigenvalue weighted by atomic mass is 9.80. The second-order valence-electron chi connectivity index (χ2n) is 8.78. The van der Waals surface area contributed by atoms with E-state index in [1.807, 2.05) is 4.90 Å². The number of nitrogens with one attached hydrogen (secondary N) is 2. The molecule has 0 bridgehead atoms. The first-order chi connectivity index (χ1) is 16.2. The summed E-state index contributed by atoms with van der Waals surface area (Å²) in [6.45, 7) is 4.30. The van der Waals surface area contributed by atoms with Gasteiger partial charge in [0.1, 0.15) is 6.61 Å². The number of nitrogens with two attached hydrogens (primary N) is 1. The standard InChI is InChI=1S/C22H30N4O6S2/c1-11-13(5-4-7-33-34-8-6-24-12(2)27)19(29)16-14(10-32-21(23)30)20-22(31-3)15(25-22)9-26(20)17(16)18(11)28/h14-15,20,25H,4-10H2,1-3H3,(H2,23,30)(H,24,27)/t14-,15+,20?,22-/m1/s1. The Morgan fingerprint density at radius 3 is 2.68 bits per heavy atom. The van der Waals surface area contributed by atoms with Crippen molar-refractivity contribution in [1.29, 1.82) is 0 Å². The highest BCUT2D eigenvalue weighted by Crippen LogP contribution is 2.54. The van der Waals surface area contributed by atoms with E-state index in [0.29, 0.717) is 41.9 Å². The van der Waals surface area contributed by atoms with Gasteiger partial charge in [0.05, 0.1) is 17.8 Å². The summed E-state index contributed by atoms with van der Waals surface area (Å²) in [6.07, 6.45) is 0.323. The molecule has 2 fully saturated rings. The third-order valence-electron chi connectivity index (χ3n) is 6.85. The minimum atomic E-state index is -0.917. The largest absolute Gasteiger partial charge is 0.449 e. The number of ether oxygens (including phenoxy) is 2. The molecule has 34 heavy (non-hydrogen) atoms. The Balaban J connectivity index is 1.44. The molecule has 12 heteroatoms. The lowest BCUT2D eigenvalue weighted by Crippen LogP contribution is -2.47. The molecule has 186 valence electrons. The van der Waals surface area contributed by atoms with E-state index in [1.54, 1.807) is 35.6 Å². The summed E-state index contributed by atoms with van der Waals surface area (Å²) in [5, 5.41) is 6.08. The normalized spacial score (nSPS) is 29.3. The first-order valence-corrected chi connectivity index (χ1v) is 13.8. The summed E-state index contributed by atoms with van der Waals surface area (Å²) in [5.41, 5.74) is 6.40. The van der Waals surface area contributed by atoms with Crippen molar-refractivity contribution in [1.82, 2.24) is 15.5 Å². The Bertz CT molecular complexity index is 978. The summed E-state index contributed by atoms with van der Waals surface area (Å²) in [4.78, 5) is 51.3. The second-order valence-corrected chi connectivity index (χ2v) is 11.5. The van der Waals surface area contributed by atoms with Crippen LogP contribution in [0.4, 0.5) is 4.79 Å². The van der Waals surface area contributed by atoms with Crippen LogP contribution in [0.1, 0.15) is 26.7 Å². The molecule has 0 aromatic carbocycles. The number of ketones is 2. The molecule has 1 unspecified atom stereocenters. The van der Waals surface area contributed by atoms with Crippen molar-refractivity contribution >= 4 is 45.2 Å². The number of carbonyl (C=O) groups excluding carboxylic acids is 4. The Kier molecular flexibility index (Phi) is 7.32. The molecule has 4 N–H and O–H groups in total. The quantitative estimate of drug-likeness (QED) is 0.157. The van der Waals surface area contributed by atoms with Crippen LogP contribution in [0, 0.1) is 5.92 Å². The van der Waals surface area contributed by atoms with Crippen molar-refractivity contribution < 1.29 is 28.7 Å². The lowest BCUT2D eigenvalue weighted by Gasteiger charge is -2.31. The molecular formula is C22H30N4O6S2. The maximum Gasteiger partial charge on any atom is 0.404 e. The number of fused-ring (bicyclic) bond motifs is 4. The fourth-order valence-corrected chi connectivity index (χ4v) is 7.31. The molecule has 3 aliphatic heterocycles. The summed E-state index contributed by atoms with van der Waals surface area (Å²) >= 11 is 0. The highest BCUT2D eigenvalue weighted by molar-refractivity contribution is 8.76. The van der Waals surface area contributed by atoms with Crippen LogP contribution in [-0.4, -0.2) is 84.6 Å². The molecule has 0 saturated carbocycles. The summed E-state index contributed by atoms with van der Waals surface area (Å²) < 4.78 is 10.9. The molecule has 0 aromatic rings. The predicted octanol–water partition coefficient (Wildman–Crippen LogP) is 0.730. The Morgan fingerprint density at radius 2 is 2.00 bits per heavy atom. The van der Waals surface area contributed by atoms with Crippen LogP contribution >= 0.6 is 21.6 Å². The molecule has 0 radical (unpaired) electrons. The second kappa shape index (κ2) is 9.92. The Hall–Kier alpha value is -2.02. The van der Waals surface area contributed by atoms with E-state index in [9.17, 15) is 19.2 Å². The minimum Gasteiger partial charge on any atom is -0.449 e. The van der Waals surface area contributed by atoms with E-state index in [1.165, 1.54) is 6.92 Å². The van der Waals surface area contributed by atoms with Crippen molar-refractivity contribution in [3.63, 3.8) is 0 Å². The number of carbonyl (C=O) groups is 4. The first kappa shape index (κ1) is 25.1. The zero-order valence-electron chi connectivity index (χ0n) is 19.5.